The fraction of sp³-hybridized carbons (Fsp3) is 0. The Kier molecular flexibility index (Phi) is 2.35. The van der Waals surface area contributed by atoms with E-state index in [0.29, 0.717) is 0 Å². The molecule has 0 aromatic carbocycles. The van der Waals surface area contributed by atoms with Crippen LogP contribution in [0.25, 0.3) is 0 Å². The van der Waals surface area contributed by atoms with Gasteiger partial charge in [-0.25, -0.2) is 0 Å². The van der Waals surface area contributed by atoms with Crippen molar-refractivity contribution >= 4 is 7.85 Å². The molecule has 1 nitrogen and oxygen atoms in total. The Morgan fingerprint density at radius 3 is 2.00 bits per heavy atom. The van der Waals surface area contributed by atoms with Gasteiger partial charge in [-0.1, -0.05) is 5.98 Å². The standard InChI is InChI=1S/C2H3BO/c3-1-2-4/h1-2,4H/b2-1+. The zero-order chi connectivity index (χ0) is 3.41. The van der Waals surface area contributed by atoms with E-state index in [2.05, 4.69) is 7.85 Å². The zero-order valence-corrected chi connectivity index (χ0v) is 2.18. The van der Waals surface area contributed by atoms with Gasteiger partial charge in [0, 0.05) is 0 Å². The summed E-state index contributed by atoms with van der Waals surface area (Å²) in [7, 11) is 4.60. The molecule has 0 aliphatic heterocycles. The average molecular weight is 53.9 g/mol. The first-order chi connectivity index (χ1) is 1.91. The molecule has 2 heteroatoms. The van der Waals surface area contributed by atoms with Gasteiger partial charge in [0.05, 0.1) is 6.26 Å². The second-order valence-electron chi connectivity index (χ2n) is 0.342. The number of aliphatic hydroxyl groups is 1. The molecule has 0 fully saturated rings. The van der Waals surface area contributed by atoms with E-state index >= 15 is 0 Å². The fourth-order valence-electron chi connectivity index (χ4n) is 0. The maximum Gasteiger partial charge on any atom is 0.107 e. The summed E-state index contributed by atoms with van der Waals surface area (Å²) < 4.78 is 0. The van der Waals surface area contributed by atoms with Gasteiger partial charge in [-0.05, 0) is 0 Å². The van der Waals surface area contributed by atoms with Crippen LogP contribution in [0.5, 0.6) is 0 Å². The molecule has 0 bridgehead atoms. The fourth-order valence-corrected chi connectivity index (χ4v) is 0. The highest BCUT2D eigenvalue weighted by molar-refractivity contribution is 6.16. The molecule has 1 N–H and O–H groups in total. The molecule has 2 radical (unpaired) electrons. The Morgan fingerprint density at radius 1 is 1.75 bits per heavy atom. The van der Waals surface area contributed by atoms with Crippen LogP contribution in [0.1, 0.15) is 0 Å². The van der Waals surface area contributed by atoms with Gasteiger partial charge in [0.1, 0.15) is 7.85 Å². The molecular formula is C2H3BO. The summed E-state index contributed by atoms with van der Waals surface area (Å²) in [6, 6.07) is 0. The normalized spacial score (nSPS) is 9.00. The Bertz CT molecular complexity index is 21.2. The van der Waals surface area contributed by atoms with E-state index in [-0.39, 0.29) is 0 Å². The van der Waals surface area contributed by atoms with Crippen molar-refractivity contribution in [1.82, 2.24) is 0 Å². The van der Waals surface area contributed by atoms with E-state index in [0.717, 1.165) is 12.2 Å². The Morgan fingerprint density at radius 2 is 2.00 bits per heavy atom. The maximum atomic E-state index is 7.57. The summed E-state index contributed by atoms with van der Waals surface area (Å²) >= 11 is 0. The minimum absolute atomic E-state index is 0.778. The lowest BCUT2D eigenvalue weighted by atomic mass is 10.2. The summed E-state index contributed by atoms with van der Waals surface area (Å²) in [6.45, 7) is 0. The number of rotatable bonds is 0. The number of aliphatic hydroxyl groups excluding tert-OH is 1. The van der Waals surface area contributed by atoms with Gasteiger partial charge in [-0.15, -0.1) is 0 Å². The van der Waals surface area contributed by atoms with Gasteiger partial charge in [0.2, 0.25) is 0 Å². The quantitative estimate of drug-likeness (QED) is 0.309. The molecular weight excluding hydrogens is 50.8 g/mol. The monoisotopic (exact) mass is 54.0 g/mol. The Labute approximate surface area is 26.4 Å². The minimum atomic E-state index is 0.778. The molecule has 0 aromatic rings. The second-order valence-corrected chi connectivity index (χ2v) is 0.342. The molecule has 0 aliphatic rings. The molecule has 0 saturated carbocycles. The molecule has 0 atom stereocenters. The molecule has 0 unspecified atom stereocenters. The third-order valence-corrected chi connectivity index (χ3v) is 0.0861. The molecule has 0 amide bonds. The Hall–Kier alpha value is -0.395. The van der Waals surface area contributed by atoms with Crippen molar-refractivity contribution < 1.29 is 5.11 Å². The van der Waals surface area contributed by atoms with Crippen molar-refractivity contribution in [3.8, 4) is 0 Å². The zero-order valence-electron chi connectivity index (χ0n) is 2.18. The van der Waals surface area contributed by atoms with Gasteiger partial charge in [-0.2, -0.15) is 0 Å². The first-order valence-corrected chi connectivity index (χ1v) is 0.925. The molecule has 0 aromatic heterocycles. The SMILES string of the molecule is [B]/C=C/O. The summed E-state index contributed by atoms with van der Waals surface area (Å²) in [5.74, 6) is 1.06. The van der Waals surface area contributed by atoms with Crippen molar-refractivity contribution in [3.63, 3.8) is 0 Å². The van der Waals surface area contributed by atoms with E-state index < -0.39 is 0 Å². The van der Waals surface area contributed by atoms with Crippen LogP contribution in [0.15, 0.2) is 12.2 Å². The summed E-state index contributed by atoms with van der Waals surface area (Å²) in [5.41, 5.74) is 0. The lowest BCUT2D eigenvalue weighted by Crippen LogP contribution is -1.45. The van der Waals surface area contributed by atoms with Crippen LogP contribution in [0, 0.1) is 0 Å². The highest BCUT2D eigenvalue weighted by Crippen LogP contribution is 1.43. The second kappa shape index (κ2) is 2.60. The summed E-state index contributed by atoms with van der Waals surface area (Å²) in [5, 5.41) is 7.57. The summed E-state index contributed by atoms with van der Waals surface area (Å²) in [6.07, 6.45) is 0.778. The van der Waals surface area contributed by atoms with E-state index in [1.165, 1.54) is 0 Å². The van der Waals surface area contributed by atoms with E-state index in [4.69, 9.17) is 5.11 Å². The molecule has 0 aliphatic carbocycles. The van der Waals surface area contributed by atoms with Gasteiger partial charge >= 0.3 is 0 Å². The average Bonchev–Trinajstić information content (AvgIpc) is 1.37. The first-order valence-electron chi connectivity index (χ1n) is 0.925. The molecule has 20 valence electrons. The van der Waals surface area contributed by atoms with Crippen molar-refractivity contribution in [2.45, 2.75) is 0 Å². The van der Waals surface area contributed by atoms with Crippen LogP contribution < -0.4 is 0 Å². The minimum Gasteiger partial charge on any atom is -0.517 e. The lowest BCUT2D eigenvalue weighted by Gasteiger charge is -1.53. The van der Waals surface area contributed by atoms with Crippen LogP contribution in [0.2, 0.25) is 0 Å². The molecule has 0 saturated heterocycles. The highest BCUT2D eigenvalue weighted by Gasteiger charge is 1.36. The number of hydrogen-bond acceptors (Lipinski definition) is 1. The lowest BCUT2D eigenvalue weighted by molar-refractivity contribution is 0.475. The topological polar surface area (TPSA) is 20.2 Å². The van der Waals surface area contributed by atoms with E-state index in [1.54, 1.807) is 0 Å². The van der Waals surface area contributed by atoms with Crippen LogP contribution in [-0.2, 0) is 0 Å². The van der Waals surface area contributed by atoms with Crippen LogP contribution in [0.3, 0.4) is 0 Å². The molecule has 0 heterocycles. The van der Waals surface area contributed by atoms with Crippen LogP contribution in [0.4, 0.5) is 0 Å². The van der Waals surface area contributed by atoms with Crippen molar-refractivity contribution in [2.75, 3.05) is 0 Å². The molecule has 0 rings (SSSR count). The Balaban J connectivity index is 2.55. The first kappa shape index (κ1) is 3.60. The maximum absolute atomic E-state index is 7.57. The van der Waals surface area contributed by atoms with Crippen molar-refractivity contribution in [3.05, 3.63) is 12.2 Å². The van der Waals surface area contributed by atoms with Gasteiger partial charge in [0.25, 0.3) is 0 Å². The highest BCUT2D eigenvalue weighted by atomic mass is 16.2. The predicted molar refractivity (Wildman–Crippen MR) is 17.5 cm³/mol. The van der Waals surface area contributed by atoms with Crippen molar-refractivity contribution in [2.24, 2.45) is 0 Å². The van der Waals surface area contributed by atoms with Gasteiger partial charge in [-0.3, -0.25) is 0 Å². The van der Waals surface area contributed by atoms with E-state index in [9.17, 15) is 0 Å². The smallest absolute Gasteiger partial charge is 0.107 e. The predicted octanol–water partition coefficient (Wildman–Crippen LogP) is 0.184. The molecule has 4 heavy (non-hydrogen) atoms. The van der Waals surface area contributed by atoms with Crippen molar-refractivity contribution in [1.29, 1.82) is 0 Å². The van der Waals surface area contributed by atoms with Gasteiger partial charge in [0.15, 0.2) is 0 Å². The van der Waals surface area contributed by atoms with Crippen LogP contribution >= 0.6 is 0 Å². The third-order valence-electron chi connectivity index (χ3n) is 0.0861. The largest absolute Gasteiger partial charge is 0.517 e. The third kappa shape index (κ3) is 1.60. The van der Waals surface area contributed by atoms with Crippen LogP contribution in [-0.4, -0.2) is 13.0 Å². The van der Waals surface area contributed by atoms with Gasteiger partial charge < -0.3 is 5.11 Å². The summed E-state index contributed by atoms with van der Waals surface area (Å²) in [4.78, 5) is 0. The molecule has 0 spiro atoms. The van der Waals surface area contributed by atoms with E-state index in [1.807, 2.05) is 0 Å². The number of hydrogen-bond donors (Lipinski definition) is 1.